The molecular weight excluding hydrogens is 306 g/mol. The van der Waals surface area contributed by atoms with E-state index < -0.39 is 0 Å². The van der Waals surface area contributed by atoms with E-state index in [2.05, 4.69) is 20.6 Å². The monoisotopic (exact) mass is 325 g/mol. The third kappa shape index (κ3) is 3.05. The lowest BCUT2D eigenvalue weighted by Crippen LogP contribution is -2.19. The molecule has 2 aromatic heterocycles. The molecule has 0 saturated carbocycles. The Balaban J connectivity index is 1.79. The Morgan fingerprint density at radius 2 is 1.96 bits per heavy atom. The summed E-state index contributed by atoms with van der Waals surface area (Å²) in [7, 11) is 0. The fourth-order valence-electron chi connectivity index (χ4n) is 2.33. The Morgan fingerprint density at radius 1 is 1.17 bits per heavy atom. The fourth-order valence-corrected chi connectivity index (χ4v) is 2.33. The number of amides is 1. The third-order valence-corrected chi connectivity index (χ3v) is 3.79. The number of rotatable bonds is 4. The van der Waals surface area contributed by atoms with Gasteiger partial charge >= 0.3 is 6.01 Å². The number of hydrogen-bond acceptors (Lipinski definition) is 5. The minimum absolute atomic E-state index is 0.0599. The zero-order valence-electron chi connectivity index (χ0n) is 14.1. The average molecular weight is 325 g/mol. The summed E-state index contributed by atoms with van der Waals surface area (Å²) in [6, 6.07) is 7.67. The van der Waals surface area contributed by atoms with E-state index in [1.807, 2.05) is 45.9 Å². The molecule has 7 nitrogen and oxygen atoms in total. The lowest BCUT2D eigenvalue weighted by Gasteiger charge is -2.09. The molecule has 0 fully saturated rings. The molecule has 0 unspecified atom stereocenters. The normalized spacial score (nSPS) is 11.0. The summed E-state index contributed by atoms with van der Waals surface area (Å²) in [4.78, 5) is 12.3. The van der Waals surface area contributed by atoms with E-state index in [0.29, 0.717) is 11.6 Å². The van der Waals surface area contributed by atoms with Crippen LogP contribution in [0.1, 0.15) is 41.5 Å². The van der Waals surface area contributed by atoms with Gasteiger partial charge in [-0.05, 0) is 57.0 Å². The maximum Gasteiger partial charge on any atom is 0.322 e. The fraction of sp³-hybridized carbons (Fsp3) is 0.294. The molecule has 3 rings (SSSR count). The van der Waals surface area contributed by atoms with Crippen molar-refractivity contribution in [1.29, 1.82) is 0 Å². The lowest BCUT2D eigenvalue weighted by atomic mass is 10.1. The van der Waals surface area contributed by atoms with Crippen LogP contribution in [-0.2, 0) is 0 Å². The summed E-state index contributed by atoms with van der Waals surface area (Å²) in [5.74, 6) is 0.0299. The molecule has 124 valence electrons. The highest BCUT2D eigenvalue weighted by molar-refractivity contribution is 6.01. The summed E-state index contributed by atoms with van der Waals surface area (Å²) in [6.45, 7) is 7.96. The lowest BCUT2D eigenvalue weighted by molar-refractivity contribution is 0.101. The van der Waals surface area contributed by atoms with Crippen LogP contribution >= 0.6 is 0 Å². The maximum absolute atomic E-state index is 12.3. The molecule has 3 aromatic rings. The zero-order chi connectivity index (χ0) is 17.3. The van der Waals surface area contributed by atoms with Gasteiger partial charge in [-0.3, -0.25) is 14.8 Å². The van der Waals surface area contributed by atoms with Gasteiger partial charge in [0.25, 0.3) is 5.91 Å². The predicted octanol–water partition coefficient (Wildman–Crippen LogP) is 3.38. The molecule has 1 amide bonds. The molecule has 24 heavy (non-hydrogen) atoms. The van der Waals surface area contributed by atoms with E-state index >= 15 is 0 Å². The van der Waals surface area contributed by atoms with Gasteiger partial charge in [-0.1, -0.05) is 11.2 Å². The molecule has 2 heterocycles. The van der Waals surface area contributed by atoms with Crippen molar-refractivity contribution >= 4 is 11.9 Å². The molecule has 0 bridgehead atoms. The molecule has 0 radical (unpaired) electrons. The molecule has 1 N–H and O–H groups in total. The summed E-state index contributed by atoms with van der Waals surface area (Å²) in [5, 5.41) is 14.6. The van der Waals surface area contributed by atoms with Crippen LogP contribution in [0.3, 0.4) is 0 Å². The van der Waals surface area contributed by atoms with Crippen molar-refractivity contribution in [2.75, 3.05) is 5.32 Å². The van der Waals surface area contributed by atoms with Gasteiger partial charge in [0, 0.05) is 17.8 Å². The van der Waals surface area contributed by atoms with Gasteiger partial charge in [0.05, 0.1) is 0 Å². The minimum Gasteiger partial charge on any atom is -0.403 e. The first-order chi connectivity index (χ1) is 11.5. The number of hydrogen-bond donors (Lipinski definition) is 1. The largest absolute Gasteiger partial charge is 0.403 e. The van der Waals surface area contributed by atoms with Crippen LogP contribution in [0.2, 0.25) is 0 Å². The highest BCUT2D eigenvalue weighted by Crippen LogP contribution is 2.22. The van der Waals surface area contributed by atoms with E-state index in [-0.39, 0.29) is 18.0 Å². The molecule has 0 aliphatic heterocycles. The molecule has 1 aromatic carbocycles. The molecule has 0 aliphatic carbocycles. The smallest absolute Gasteiger partial charge is 0.322 e. The summed E-state index contributed by atoms with van der Waals surface area (Å²) in [6.07, 6.45) is 1.59. The van der Waals surface area contributed by atoms with Crippen LogP contribution in [0.15, 0.2) is 34.9 Å². The van der Waals surface area contributed by atoms with Crippen LogP contribution in [0.4, 0.5) is 6.01 Å². The molecule has 0 aliphatic rings. The van der Waals surface area contributed by atoms with Crippen LogP contribution < -0.4 is 5.32 Å². The Labute approximate surface area is 139 Å². The highest BCUT2D eigenvalue weighted by Gasteiger charge is 2.17. The van der Waals surface area contributed by atoms with Crippen molar-refractivity contribution in [3.63, 3.8) is 0 Å². The Bertz CT molecular complexity index is 879. The summed E-state index contributed by atoms with van der Waals surface area (Å²) in [5.41, 5.74) is 3.58. The number of nitrogens with one attached hydrogen (secondary N) is 1. The van der Waals surface area contributed by atoms with E-state index in [1.165, 1.54) is 5.56 Å². The predicted molar refractivity (Wildman–Crippen MR) is 89.8 cm³/mol. The van der Waals surface area contributed by atoms with Gasteiger partial charge in [-0.2, -0.15) is 5.10 Å². The highest BCUT2D eigenvalue weighted by atomic mass is 16.4. The van der Waals surface area contributed by atoms with Crippen molar-refractivity contribution in [2.45, 2.75) is 33.7 Å². The van der Waals surface area contributed by atoms with Gasteiger partial charge in [0.2, 0.25) is 5.89 Å². The number of aromatic nitrogens is 4. The first kappa shape index (κ1) is 15.9. The quantitative estimate of drug-likeness (QED) is 0.794. The molecular formula is C17H19N5O2. The third-order valence-electron chi connectivity index (χ3n) is 3.79. The number of benzene rings is 1. The van der Waals surface area contributed by atoms with Gasteiger partial charge in [-0.15, -0.1) is 5.10 Å². The van der Waals surface area contributed by atoms with Crippen LogP contribution in [0, 0.1) is 13.8 Å². The van der Waals surface area contributed by atoms with Gasteiger partial charge in [0.15, 0.2) is 0 Å². The van der Waals surface area contributed by atoms with Crippen LogP contribution in [0.5, 0.6) is 0 Å². The zero-order valence-corrected chi connectivity index (χ0v) is 14.1. The topological polar surface area (TPSA) is 85.8 Å². The number of nitrogens with zero attached hydrogens (tertiary/aromatic N) is 4. The second-order valence-electron chi connectivity index (χ2n) is 5.92. The van der Waals surface area contributed by atoms with Gasteiger partial charge in [0.1, 0.15) is 5.69 Å². The van der Waals surface area contributed by atoms with Crippen molar-refractivity contribution in [3.8, 4) is 11.5 Å². The van der Waals surface area contributed by atoms with E-state index in [4.69, 9.17) is 4.42 Å². The van der Waals surface area contributed by atoms with Crippen LogP contribution in [-0.4, -0.2) is 25.9 Å². The van der Waals surface area contributed by atoms with Crippen molar-refractivity contribution in [3.05, 3.63) is 47.3 Å². The van der Waals surface area contributed by atoms with E-state index in [0.717, 1.165) is 11.1 Å². The van der Waals surface area contributed by atoms with E-state index in [1.54, 1.807) is 16.9 Å². The number of carbonyl (C=O) groups is 1. The number of anilines is 1. The Morgan fingerprint density at radius 3 is 2.67 bits per heavy atom. The van der Waals surface area contributed by atoms with Crippen molar-refractivity contribution in [1.82, 2.24) is 20.0 Å². The minimum atomic E-state index is -0.337. The molecule has 0 saturated heterocycles. The molecule has 7 heteroatoms. The Hall–Kier alpha value is -2.96. The molecule has 0 spiro atoms. The van der Waals surface area contributed by atoms with Gasteiger partial charge in [-0.25, -0.2) is 0 Å². The second kappa shape index (κ2) is 6.27. The summed E-state index contributed by atoms with van der Waals surface area (Å²) >= 11 is 0. The maximum atomic E-state index is 12.3. The van der Waals surface area contributed by atoms with Crippen LogP contribution in [0.25, 0.3) is 11.5 Å². The number of aryl methyl sites for hydroxylation is 2. The first-order valence-electron chi connectivity index (χ1n) is 7.71. The summed E-state index contributed by atoms with van der Waals surface area (Å²) < 4.78 is 7.18. The average Bonchev–Trinajstić information content (AvgIpc) is 3.19. The van der Waals surface area contributed by atoms with Crippen molar-refractivity contribution in [2.24, 2.45) is 0 Å². The standard InChI is InChI=1S/C17H19N5O2/c1-10(2)22-14(7-8-18-22)15(23)19-17-21-20-16(24-17)13-6-5-11(3)12(4)9-13/h5-10H,1-4H3,(H,19,21,23). The molecule has 0 atom stereocenters. The van der Waals surface area contributed by atoms with E-state index in [9.17, 15) is 4.79 Å². The first-order valence-corrected chi connectivity index (χ1v) is 7.71. The Kier molecular flexibility index (Phi) is 4.16. The number of carbonyl (C=O) groups excluding carboxylic acids is 1. The van der Waals surface area contributed by atoms with Gasteiger partial charge < -0.3 is 4.42 Å². The SMILES string of the molecule is Cc1ccc(-c2nnc(NC(=O)c3ccnn3C(C)C)o2)cc1C. The van der Waals surface area contributed by atoms with Crippen molar-refractivity contribution < 1.29 is 9.21 Å². The second-order valence-corrected chi connectivity index (χ2v) is 5.92.